The second-order valence-electron chi connectivity index (χ2n) is 4.88. The molecule has 0 radical (unpaired) electrons. The van der Waals surface area contributed by atoms with Gasteiger partial charge in [0.05, 0.1) is 0 Å². The van der Waals surface area contributed by atoms with Gasteiger partial charge in [0.25, 0.3) is 10.1 Å². The molecular weight excluding hydrogens is 322 g/mol. The van der Waals surface area contributed by atoms with Crippen molar-refractivity contribution in [3.8, 4) is 0 Å². The van der Waals surface area contributed by atoms with Crippen LogP contribution >= 0.6 is 11.6 Å². The third kappa shape index (κ3) is 2.37. The molecule has 1 heterocycles. The van der Waals surface area contributed by atoms with E-state index in [1.165, 1.54) is 12.3 Å². The molecule has 4 nitrogen and oxygen atoms in total. The summed E-state index contributed by atoms with van der Waals surface area (Å²) < 4.78 is 33.7. The van der Waals surface area contributed by atoms with Crippen LogP contribution < -0.4 is 0 Å². The lowest BCUT2D eigenvalue weighted by Crippen LogP contribution is -2.30. The van der Waals surface area contributed by atoms with Crippen LogP contribution in [-0.4, -0.2) is 19.2 Å². The number of aliphatic imine (C=N–C) groups is 1. The summed E-state index contributed by atoms with van der Waals surface area (Å²) in [4.78, 5) is 2.26. The monoisotopic (exact) mass is 333 g/mol. The van der Waals surface area contributed by atoms with E-state index in [1.807, 2.05) is 0 Å². The van der Waals surface area contributed by atoms with Crippen molar-refractivity contribution in [2.45, 2.75) is 4.87 Å². The number of allylic oxidation sites excluding steroid dienone is 1. The highest BCUT2D eigenvalue weighted by Gasteiger charge is 2.45. The molecule has 0 spiro atoms. The zero-order valence-electron chi connectivity index (χ0n) is 11.3. The average molecular weight is 334 g/mol. The summed E-state index contributed by atoms with van der Waals surface area (Å²) in [5, 5.41) is 0.486. The van der Waals surface area contributed by atoms with Gasteiger partial charge in [-0.3, -0.25) is 9.55 Å². The van der Waals surface area contributed by atoms with Crippen molar-refractivity contribution in [3.63, 3.8) is 0 Å². The molecule has 22 heavy (non-hydrogen) atoms. The van der Waals surface area contributed by atoms with Gasteiger partial charge in [-0.15, -0.1) is 0 Å². The second kappa shape index (κ2) is 5.35. The Kier molecular flexibility index (Phi) is 3.64. The minimum absolute atomic E-state index is 0.371. The smallest absolute Gasteiger partial charge is 0.283 e. The van der Waals surface area contributed by atoms with Gasteiger partial charge >= 0.3 is 0 Å². The average Bonchev–Trinajstić information content (AvgIpc) is 2.95. The fourth-order valence-electron chi connectivity index (χ4n) is 2.42. The molecule has 0 aliphatic carbocycles. The van der Waals surface area contributed by atoms with Crippen molar-refractivity contribution >= 4 is 33.5 Å². The first-order valence-electron chi connectivity index (χ1n) is 6.49. The molecule has 6 heteroatoms. The van der Waals surface area contributed by atoms with Crippen molar-refractivity contribution in [3.05, 3.63) is 76.8 Å². The van der Waals surface area contributed by atoms with Crippen LogP contribution in [0, 0.1) is 0 Å². The molecule has 0 amide bonds. The zero-order valence-corrected chi connectivity index (χ0v) is 12.9. The van der Waals surface area contributed by atoms with Crippen LogP contribution in [0.1, 0.15) is 11.1 Å². The third-order valence-electron chi connectivity index (χ3n) is 3.51. The van der Waals surface area contributed by atoms with Gasteiger partial charge in [0.1, 0.15) is 0 Å². The van der Waals surface area contributed by atoms with Crippen LogP contribution in [0.5, 0.6) is 0 Å². The Morgan fingerprint density at radius 2 is 1.64 bits per heavy atom. The molecule has 1 aliphatic rings. The van der Waals surface area contributed by atoms with Crippen LogP contribution in [0.3, 0.4) is 0 Å². The van der Waals surface area contributed by atoms with E-state index < -0.39 is 15.0 Å². The number of benzene rings is 2. The van der Waals surface area contributed by atoms with Crippen molar-refractivity contribution in [1.82, 2.24) is 0 Å². The molecule has 1 aliphatic heterocycles. The number of nitrogens with zero attached hydrogens (tertiary/aromatic N) is 1. The molecule has 2 aromatic rings. The number of rotatable bonds is 3. The largest absolute Gasteiger partial charge is 0.299 e. The Bertz CT molecular complexity index is 875. The van der Waals surface area contributed by atoms with Crippen LogP contribution in [0.4, 0.5) is 0 Å². The molecular formula is C16H12ClNO3S. The highest BCUT2D eigenvalue weighted by Crippen LogP contribution is 2.40. The highest BCUT2D eigenvalue weighted by atomic mass is 35.5. The van der Waals surface area contributed by atoms with Gasteiger partial charge in [-0.25, -0.2) is 0 Å². The van der Waals surface area contributed by atoms with Gasteiger partial charge in [-0.2, -0.15) is 8.42 Å². The van der Waals surface area contributed by atoms with Gasteiger partial charge in [-0.1, -0.05) is 60.1 Å². The lowest BCUT2D eigenvalue weighted by molar-refractivity contribution is 0.453. The summed E-state index contributed by atoms with van der Waals surface area (Å²) in [5.41, 5.74) is 1.58. The molecule has 2 aromatic carbocycles. The minimum atomic E-state index is -4.49. The number of hydrogen-bond acceptors (Lipinski definition) is 3. The predicted molar refractivity (Wildman–Crippen MR) is 87.6 cm³/mol. The Morgan fingerprint density at radius 3 is 2.27 bits per heavy atom. The van der Waals surface area contributed by atoms with Crippen molar-refractivity contribution in [1.29, 1.82) is 0 Å². The summed E-state index contributed by atoms with van der Waals surface area (Å²) in [7, 11) is -4.49. The molecule has 1 atom stereocenters. The van der Waals surface area contributed by atoms with E-state index in [0.717, 1.165) is 0 Å². The maximum atomic E-state index is 12.0. The van der Waals surface area contributed by atoms with Gasteiger partial charge in [0, 0.05) is 27.9 Å². The minimum Gasteiger partial charge on any atom is -0.283 e. The normalized spacial score (nSPS) is 20.9. The quantitative estimate of drug-likeness (QED) is 0.873. The molecule has 1 unspecified atom stereocenters. The summed E-state index contributed by atoms with van der Waals surface area (Å²) in [6, 6.07) is 15.4. The first-order chi connectivity index (χ1) is 10.4. The molecule has 1 N–H and O–H groups in total. The van der Waals surface area contributed by atoms with E-state index in [-0.39, 0.29) is 0 Å². The summed E-state index contributed by atoms with van der Waals surface area (Å²) in [6.07, 6.45) is 2.83. The lowest BCUT2D eigenvalue weighted by atomic mass is 10.0. The summed E-state index contributed by atoms with van der Waals surface area (Å²) in [6.45, 7) is 0. The first kappa shape index (κ1) is 15.0. The van der Waals surface area contributed by atoms with E-state index in [9.17, 15) is 13.0 Å². The van der Waals surface area contributed by atoms with Gasteiger partial charge in [0.2, 0.25) is 4.87 Å². The standard InChI is InChI=1S/C16H12ClNO3S/c17-15-9-5-4-8-14(15)12-10-16(18-11-12,22(19,20)21)13-6-2-1-3-7-13/h1-11H,(H,19,20,21). The van der Waals surface area contributed by atoms with E-state index in [2.05, 4.69) is 4.99 Å². The van der Waals surface area contributed by atoms with E-state index in [4.69, 9.17) is 11.6 Å². The van der Waals surface area contributed by atoms with E-state index in [1.54, 1.807) is 54.6 Å². The Labute approximate surface area is 133 Å². The van der Waals surface area contributed by atoms with Crippen LogP contribution in [-0.2, 0) is 15.0 Å². The molecule has 3 rings (SSSR count). The SMILES string of the molecule is O=S(=O)(O)C1(c2ccccc2)C=C(c2ccccc2Cl)C=N1. The Balaban J connectivity index is 2.21. The van der Waals surface area contributed by atoms with E-state index in [0.29, 0.717) is 21.7 Å². The van der Waals surface area contributed by atoms with Crippen molar-refractivity contribution < 1.29 is 13.0 Å². The Hall–Kier alpha value is -1.95. The van der Waals surface area contributed by atoms with Gasteiger partial charge in [0.15, 0.2) is 0 Å². The molecule has 0 saturated heterocycles. The van der Waals surface area contributed by atoms with Gasteiger partial charge < -0.3 is 0 Å². The molecule has 0 saturated carbocycles. The van der Waals surface area contributed by atoms with Gasteiger partial charge in [-0.05, 0) is 12.1 Å². The fraction of sp³-hybridized carbons (Fsp3) is 0.0625. The highest BCUT2D eigenvalue weighted by molar-refractivity contribution is 7.87. The predicted octanol–water partition coefficient (Wildman–Crippen LogP) is 3.55. The third-order valence-corrected chi connectivity index (χ3v) is 5.09. The van der Waals surface area contributed by atoms with Crippen molar-refractivity contribution in [2.24, 2.45) is 4.99 Å². The van der Waals surface area contributed by atoms with Crippen LogP contribution in [0.25, 0.3) is 5.57 Å². The molecule has 0 aromatic heterocycles. The fourth-order valence-corrected chi connectivity index (χ4v) is 3.56. The Morgan fingerprint density at radius 1 is 1.00 bits per heavy atom. The number of hydrogen-bond donors (Lipinski definition) is 1. The number of halogens is 1. The van der Waals surface area contributed by atoms with Crippen molar-refractivity contribution in [2.75, 3.05) is 0 Å². The zero-order chi connectivity index (χ0) is 15.8. The maximum Gasteiger partial charge on any atom is 0.299 e. The molecule has 112 valence electrons. The summed E-state index contributed by atoms with van der Waals surface area (Å²) in [5.74, 6) is 0. The topological polar surface area (TPSA) is 66.7 Å². The van der Waals surface area contributed by atoms with Crippen LogP contribution in [0.2, 0.25) is 5.02 Å². The molecule has 0 fully saturated rings. The van der Waals surface area contributed by atoms with Crippen LogP contribution in [0.15, 0.2) is 65.7 Å². The lowest BCUT2D eigenvalue weighted by Gasteiger charge is -2.21. The maximum absolute atomic E-state index is 12.0. The van der Waals surface area contributed by atoms with E-state index >= 15 is 0 Å². The second-order valence-corrected chi connectivity index (χ2v) is 6.85. The summed E-state index contributed by atoms with van der Waals surface area (Å²) >= 11 is 6.14. The first-order valence-corrected chi connectivity index (χ1v) is 8.31. The molecule has 0 bridgehead atoms.